The molecular formula is C20H34N4O2. The van der Waals surface area contributed by atoms with Crippen LogP contribution in [-0.2, 0) is 9.47 Å². The van der Waals surface area contributed by atoms with Crippen molar-refractivity contribution in [1.82, 2.24) is 10.2 Å². The fourth-order valence-corrected chi connectivity index (χ4v) is 2.99. The molecule has 6 heteroatoms. The van der Waals surface area contributed by atoms with Gasteiger partial charge < -0.3 is 24.6 Å². The molecule has 2 rings (SSSR count). The van der Waals surface area contributed by atoms with E-state index in [1.165, 1.54) is 5.69 Å². The Balaban J connectivity index is 1.71. The highest BCUT2D eigenvalue weighted by atomic mass is 16.5. The number of aliphatic imine (C=N–C) groups is 1. The summed E-state index contributed by atoms with van der Waals surface area (Å²) in [5, 5.41) is 3.44. The van der Waals surface area contributed by atoms with Gasteiger partial charge in [0.25, 0.3) is 0 Å². The Morgan fingerprint density at radius 2 is 1.81 bits per heavy atom. The number of guanidine groups is 1. The SMILES string of the molecule is CCNC(=NCCCCOCCOC)N1CCN(c2ccccc2)CC1. The average Bonchev–Trinajstić information content (AvgIpc) is 2.70. The molecule has 0 radical (unpaired) electrons. The molecule has 0 amide bonds. The fraction of sp³-hybridized carbons (Fsp3) is 0.650. The first-order valence-electron chi connectivity index (χ1n) is 9.75. The van der Waals surface area contributed by atoms with Gasteiger partial charge in [-0.1, -0.05) is 18.2 Å². The molecule has 1 aliphatic rings. The van der Waals surface area contributed by atoms with Gasteiger partial charge in [0, 0.05) is 58.7 Å². The van der Waals surface area contributed by atoms with E-state index in [2.05, 4.69) is 52.4 Å². The lowest BCUT2D eigenvalue weighted by molar-refractivity contribution is 0.0690. The van der Waals surface area contributed by atoms with Crippen molar-refractivity contribution in [3.63, 3.8) is 0 Å². The average molecular weight is 363 g/mol. The normalized spacial score (nSPS) is 15.4. The highest BCUT2D eigenvalue weighted by Crippen LogP contribution is 2.15. The smallest absolute Gasteiger partial charge is 0.194 e. The van der Waals surface area contributed by atoms with Crippen LogP contribution in [-0.4, -0.2) is 77.1 Å². The van der Waals surface area contributed by atoms with Gasteiger partial charge in [-0.2, -0.15) is 0 Å². The van der Waals surface area contributed by atoms with E-state index >= 15 is 0 Å². The predicted octanol–water partition coefficient (Wildman–Crippen LogP) is 2.22. The van der Waals surface area contributed by atoms with Gasteiger partial charge in [-0.15, -0.1) is 0 Å². The van der Waals surface area contributed by atoms with Gasteiger partial charge in [0.05, 0.1) is 13.2 Å². The molecule has 0 saturated carbocycles. The number of nitrogens with one attached hydrogen (secondary N) is 1. The summed E-state index contributed by atoms with van der Waals surface area (Å²) in [6.45, 7) is 10.0. The summed E-state index contributed by atoms with van der Waals surface area (Å²) >= 11 is 0. The van der Waals surface area contributed by atoms with Gasteiger partial charge in [0.1, 0.15) is 0 Å². The third-order valence-electron chi connectivity index (χ3n) is 4.43. The third kappa shape index (κ3) is 7.22. The standard InChI is InChI=1S/C20H34N4O2/c1-3-21-20(22-11-7-8-16-26-18-17-25-2)24-14-12-23(13-15-24)19-9-5-4-6-10-19/h4-6,9-10H,3,7-8,11-18H2,1-2H3,(H,21,22). The monoisotopic (exact) mass is 362 g/mol. The second kappa shape index (κ2) is 12.5. The number of anilines is 1. The summed E-state index contributed by atoms with van der Waals surface area (Å²) in [5.74, 6) is 1.04. The number of methoxy groups -OCH3 is 1. The molecule has 1 N–H and O–H groups in total. The summed E-state index contributed by atoms with van der Waals surface area (Å²) in [6, 6.07) is 10.6. The zero-order chi connectivity index (χ0) is 18.5. The number of nitrogens with zero attached hydrogens (tertiary/aromatic N) is 3. The van der Waals surface area contributed by atoms with E-state index in [4.69, 9.17) is 14.5 Å². The van der Waals surface area contributed by atoms with Gasteiger partial charge >= 0.3 is 0 Å². The maximum Gasteiger partial charge on any atom is 0.194 e. The van der Waals surface area contributed by atoms with Crippen molar-refractivity contribution in [2.24, 2.45) is 4.99 Å². The second-order valence-electron chi connectivity index (χ2n) is 6.36. The molecule has 0 unspecified atom stereocenters. The lowest BCUT2D eigenvalue weighted by Crippen LogP contribution is -2.52. The Bertz CT molecular complexity index is 502. The lowest BCUT2D eigenvalue weighted by Gasteiger charge is -2.37. The zero-order valence-corrected chi connectivity index (χ0v) is 16.3. The Hall–Kier alpha value is -1.79. The molecule has 26 heavy (non-hydrogen) atoms. The van der Waals surface area contributed by atoms with Crippen LogP contribution in [0.3, 0.4) is 0 Å². The Morgan fingerprint density at radius 3 is 2.50 bits per heavy atom. The first-order valence-corrected chi connectivity index (χ1v) is 9.75. The number of benzene rings is 1. The number of ether oxygens (including phenoxy) is 2. The number of hydrogen-bond acceptors (Lipinski definition) is 4. The van der Waals surface area contributed by atoms with Crippen LogP contribution in [0.15, 0.2) is 35.3 Å². The van der Waals surface area contributed by atoms with E-state index in [9.17, 15) is 0 Å². The highest BCUT2D eigenvalue weighted by Gasteiger charge is 2.19. The van der Waals surface area contributed by atoms with Crippen molar-refractivity contribution in [1.29, 1.82) is 0 Å². The first-order chi connectivity index (χ1) is 12.8. The fourth-order valence-electron chi connectivity index (χ4n) is 2.99. The maximum absolute atomic E-state index is 5.49. The van der Waals surface area contributed by atoms with E-state index in [-0.39, 0.29) is 0 Å². The number of unbranched alkanes of at least 4 members (excludes halogenated alkanes) is 1. The molecule has 1 aliphatic heterocycles. The van der Waals surface area contributed by atoms with E-state index in [1.807, 2.05) is 0 Å². The molecule has 1 saturated heterocycles. The van der Waals surface area contributed by atoms with Gasteiger partial charge in [-0.05, 0) is 31.9 Å². The van der Waals surface area contributed by atoms with Crippen LogP contribution in [0.2, 0.25) is 0 Å². The Morgan fingerprint density at radius 1 is 1.04 bits per heavy atom. The van der Waals surface area contributed by atoms with Gasteiger partial charge in [-0.3, -0.25) is 4.99 Å². The summed E-state index contributed by atoms with van der Waals surface area (Å²) < 4.78 is 10.5. The van der Waals surface area contributed by atoms with Crippen molar-refractivity contribution in [3.8, 4) is 0 Å². The highest BCUT2D eigenvalue weighted by molar-refractivity contribution is 5.80. The van der Waals surface area contributed by atoms with Gasteiger partial charge in [0.2, 0.25) is 0 Å². The van der Waals surface area contributed by atoms with Gasteiger partial charge in [-0.25, -0.2) is 0 Å². The molecule has 1 fully saturated rings. The van der Waals surface area contributed by atoms with E-state index in [1.54, 1.807) is 7.11 Å². The predicted molar refractivity (Wildman–Crippen MR) is 108 cm³/mol. The molecule has 1 aromatic rings. The number of para-hydroxylation sites is 1. The first kappa shape index (κ1) is 20.5. The maximum atomic E-state index is 5.49. The zero-order valence-electron chi connectivity index (χ0n) is 16.3. The van der Waals surface area contributed by atoms with Crippen LogP contribution in [0, 0.1) is 0 Å². The minimum Gasteiger partial charge on any atom is -0.382 e. The number of hydrogen-bond donors (Lipinski definition) is 1. The van der Waals surface area contributed by atoms with E-state index in [0.717, 1.165) is 64.7 Å². The van der Waals surface area contributed by atoms with Crippen LogP contribution in [0.4, 0.5) is 5.69 Å². The molecular weight excluding hydrogens is 328 g/mol. The molecule has 6 nitrogen and oxygen atoms in total. The van der Waals surface area contributed by atoms with Crippen LogP contribution >= 0.6 is 0 Å². The molecule has 0 aliphatic carbocycles. The topological polar surface area (TPSA) is 49.3 Å². The molecule has 1 heterocycles. The summed E-state index contributed by atoms with van der Waals surface area (Å²) in [6.07, 6.45) is 2.08. The molecule has 0 spiro atoms. The van der Waals surface area contributed by atoms with Crippen molar-refractivity contribution >= 4 is 11.6 Å². The molecule has 0 aromatic heterocycles. The lowest BCUT2D eigenvalue weighted by atomic mass is 10.2. The number of rotatable bonds is 10. The summed E-state index contributed by atoms with van der Waals surface area (Å²) in [7, 11) is 1.69. The van der Waals surface area contributed by atoms with E-state index in [0.29, 0.717) is 13.2 Å². The number of piperazine rings is 1. The van der Waals surface area contributed by atoms with Crippen LogP contribution in [0.1, 0.15) is 19.8 Å². The van der Waals surface area contributed by atoms with Crippen molar-refractivity contribution in [2.75, 3.05) is 71.1 Å². The Labute approximate surface area is 158 Å². The summed E-state index contributed by atoms with van der Waals surface area (Å²) in [4.78, 5) is 9.62. The minimum absolute atomic E-state index is 0.664. The third-order valence-corrected chi connectivity index (χ3v) is 4.43. The van der Waals surface area contributed by atoms with Crippen LogP contribution in [0.5, 0.6) is 0 Å². The largest absolute Gasteiger partial charge is 0.382 e. The van der Waals surface area contributed by atoms with Crippen molar-refractivity contribution < 1.29 is 9.47 Å². The molecule has 146 valence electrons. The quantitative estimate of drug-likeness (QED) is 0.393. The molecule has 0 atom stereocenters. The van der Waals surface area contributed by atoms with Crippen molar-refractivity contribution in [2.45, 2.75) is 19.8 Å². The van der Waals surface area contributed by atoms with Crippen molar-refractivity contribution in [3.05, 3.63) is 30.3 Å². The van der Waals surface area contributed by atoms with Gasteiger partial charge in [0.15, 0.2) is 5.96 Å². The molecule has 1 aromatic carbocycles. The minimum atomic E-state index is 0.664. The van der Waals surface area contributed by atoms with Crippen LogP contribution < -0.4 is 10.2 Å². The summed E-state index contributed by atoms with van der Waals surface area (Å²) in [5.41, 5.74) is 1.31. The Kier molecular flexibility index (Phi) is 9.90. The molecule has 0 bridgehead atoms. The second-order valence-corrected chi connectivity index (χ2v) is 6.36. The van der Waals surface area contributed by atoms with E-state index < -0.39 is 0 Å². The van der Waals surface area contributed by atoms with Crippen LogP contribution in [0.25, 0.3) is 0 Å².